The van der Waals surface area contributed by atoms with E-state index in [9.17, 15) is 15.5 Å². The molecule has 43 heavy (non-hydrogen) atoms. The Kier molecular flexibility index (Phi) is 9.66. The van der Waals surface area contributed by atoms with Gasteiger partial charge in [-0.15, -0.1) is 0 Å². The minimum atomic E-state index is -0.774. The monoisotopic (exact) mass is 581 g/mol. The van der Waals surface area contributed by atoms with E-state index in [1.54, 1.807) is 19.0 Å². The molecular weight excluding hydrogens is 534 g/mol. The van der Waals surface area contributed by atoms with Crippen LogP contribution in [0.2, 0.25) is 0 Å². The van der Waals surface area contributed by atoms with Gasteiger partial charge < -0.3 is 25.3 Å². The minimum Gasteiger partial charge on any atom is -0.378 e. The van der Waals surface area contributed by atoms with Crippen molar-refractivity contribution < 1.29 is 4.79 Å². The molecule has 1 aliphatic carbocycles. The first-order valence-electron chi connectivity index (χ1n) is 15.1. The Morgan fingerprint density at radius 1 is 1.09 bits per heavy atom. The van der Waals surface area contributed by atoms with Crippen molar-refractivity contribution in [2.75, 3.05) is 48.3 Å². The molecule has 1 aliphatic heterocycles. The molecule has 0 saturated carbocycles. The molecule has 3 atom stereocenters. The summed E-state index contributed by atoms with van der Waals surface area (Å²) in [5, 5.41) is 25.9. The number of likely N-dealkylation sites (N-methyl/N-ethyl adjacent to an activating group) is 1. The number of amides is 1. The molecule has 1 saturated heterocycles. The van der Waals surface area contributed by atoms with E-state index >= 15 is 0 Å². The Hall–Kier alpha value is -4.09. The van der Waals surface area contributed by atoms with Crippen molar-refractivity contribution in [2.24, 2.45) is 0 Å². The molecule has 1 fully saturated rings. The van der Waals surface area contributed by atoms with Crippen molar-refractivity contribution in [1.29, 1.82) is 10.7 Å². The molecule has 2 aromatic rings. The van der Waals surface area contributed by atoms with Gasteiger partial charge in [0.25, 0.3) is 5.91 Å². The number of nitrogens with zero attached hydrogens (tertiary/aromatic N) is 4. The minimum absolute atomic E-state index is 0.00638. The van der Waals surface area contributed by atoms with Crippen molar-refractivity contribution in [3.63, 3.8) is 0 Å². The summed E-state index contributed by atoms with van der Waals surface area (Å²) in [6, 6.07) is 14.8. The van der Waals surface area contributed by atoms with Crippen LogP contribution in [0.3, 0.4) is 0 Å². The highest BCUT2D eigenvalue weighted by Crippen LogP contribution is 2.44. The van der Waals surface area contributed by atoms with Crippen molar-refractivity contribution in [3.05, 3.63) is 88.6 Å². The van der Waals surface area contributed by atoms with Gasteiger partial charge in [0.2, 0.25) is 0 Å². The zero-order valence-corrected chi connectivity index (χ0v) is 26.7. The molecule has 0 spiro atoms. The van der Waals surface area contributed by atoms with E-state index in [1.165, 1.54) is 5.56 Å². The predicted octanol–water partition coefficient (Wildman–Crippen LogP) is 4.37. The molecule has 3 N–H and O–H groups in total. The summed E-state index contributed by atoms with van der Waals surface area (Å²) in [4.78, 5) is 18.7. The molecule has 1 amide bonds. The third-order valence-electron chi connectivity index (χ3n) is 9.07. The summed E-state index contributed by atoms with van der Waals surface area (Å²) >= 11 is 0. The van der Waals surface area contributed by atoms with Crippen molar-refractivity contribution in [1.82, 2.24) is 25.3 Å². The van der Waals surface area contributed by atoms with Crippen LogP contribution in [0.25, 0.3) is 5.70 Å². The largest absolute Gasteiger partial charge is 0.378 e. The third kappa shape index (κ3) is 6.18. The number of rotatable bonds is 10. The first kappa shape index (κ1) is 31.8. The number of carbonyl (C=O) groups is 1. The van der Waals surface area contributed by atoms with Crippen molar-refractivity contribution in [2.45, 2.75) is 56.5 Å². The van der Waals surface area contributed by atoms with E-state index in [2.05, 4.69) is 65.9 Å². The standard InChI is InChI=1S/C35H47N7O/c1-23(39-22-24(2)42-17-9-10-30(42)21-36)20-35(34(37)38-4)31-15-13-26(25(3)40(5)6)18-27(31)11-12-28-19-29(14-16-32(28)35)33(43)41(7)8/h13-16,18-19,23,30,39H,2-3,9-12,17,20,22H2,1,4-8H3,(H2,37,38)/t23-,30?,35?/m0/s1. The number of likely N-dealkylation sites (tertiary alicyclic amines) is 1. The summed E-state index contributed by atoms with van der Waals surface area (Å²) in [6.45, 7) is 12.2. The summed E-state index contributed by atoms with van der Waals surface area (Å²) in [5.74, 6) is 0.383. The Morgan fingerprint density at radius 2 is 1.70 bits per heavy atom. The first-order chi connectivity index (χ1) is 20.4. The lowest BCUT2D eigenvalue weighted by molar-refractivity contribution is 0.0827. The van der Waals surface area contributed by atoms with E-state index in [1.807, 2.05) is 38.2 Å². The first-order valence-corrected chi connectivity index (χ1v) is 15.1. The average Bonchev–Trinajstić information content (AvgIpc) is 3.44. The van der Waals surface area contributed by atoms with Crippen LogP contribution in [0.5, 0.6) is 0 Å². The van der Waals surface area contributed by atoms with E-state index in [0.717, 1.165) is 65.9 Å². The van der Waals surface area contributed by atoms with E-state index in [4.69, 9.17) is 0 Å². The maximum atomic E-state index is 13.0. The number of hydrogen-bond donors (Lipinski definition) is 3. The maximum Gasteiger partial charge on any atom is 0.253 e. The number of aryl methyl sites for hydroxylation is 2. The zero-order chi connectivity index (χ0) is 31.5. The average molecular weight is 582 g/mol. The Labute approximate surface area is 257 Å². The quantitative estimate of drug-likeness (QED) is 0.285. The van der Waals surface area contributed by atoms with Gasteiger partial charge in [-0.1, -0.05) is 31.4 Å². The predicted molar refractivity (Wildman–Crippen MR) is 175 cm³/mol. The Morgan fingerprint density at radius 3 is 2.26 bits per heavy atom. The Bertz CT molecular complexity index is 1380. The molecule has 0 radical (unpaired) electrons. The fraction of sp³-hybridized carbons (Fsp3) is 0.457. The summed E-state index contributed by atoms with van der Waals surface area (Å²) < 4.78 is 0. The van der Waals surface area contributed by atoms with Crippen LogP contribution in [-0.2, 0) is 18.3 Å². The normalized spacial score (nSPS) is 19.7. The molecule has 2 unspecified atom stereocenters. The fourth-order valence-corrected chi connectivity index (χ4v) is 6.69. The molecule has 8 nitrogen and oxygen atoms in total. The van der Waals surface area contributed by atoms with Gasteiger partial charge in [-0.3, -0.25) is 10.2 Å². The topological polar surface area (TPSA) is 98.5 Å². The highest BCUT2D eigenvalue weighted by atomic mass is 16.2. The van der Waals surface area contributed by atoms with Crippen LogP contribution in [0, 0.1) is 16.7 Å². The molecule has 8 heteroatoms. The summed E-state index contributed by atoms with van der Waals surface area (Å²) in [5.41, 5.74) is 7.22. The Balaban J connectivity index is 1.80. The van der Waals surface area contributed by atoms with Crippen LogP contribution in [0.15, 0.2) is 55.3 Å². The lowest BCUT2D eigenvalue weighted by Crippen LogP contribution is -2.49. The van der Waals surface area contributed by atoms with Gasteiger partial charge in [0.15, 0.2) is 0 Å². The van der Waals surface area contributed by atoms with Crippen molar-refractivity contribution in [3.8, 4) is 6.07 Å². The van der Waals surface area contributed by atoms with Crippen LogP contribution in [0.4, 0.5) is 0 Å². The SMILES string of the molecule is C=C(c1ccc2c(c1)CCc1cc(C(=O)N(C)C)ccc1C2(C[C@H](C)NCC(=C)N1CCCC1C#N)C(=N)NC)N(C)C. The van der Waals surface area contributed by atoms with Gasteiger partial charge in [-0.25, -0.2) is 0 Å². The van der Waals surface area contributed by atoms with Gasteiger partial charge >= 0.3 is 0 Å². The number of amidine groups is 1. The van der Waals surface area contributed by atoms with E-state index in [-0.39, 0.29) is 18.0 Å². The molecule has 1 heterocycles. The highest BCUT2D eigenvalue weighted by molar-refractivity contribution is 5.97. The molecule has 2 aromatic carbocycles. The number of nitriles is 1. The molecule has 2 aliphatic rings. The second-order valence-electron chi connectivity index (χ2n) is 12.3. The van der Waals surface area contributed by atoms with Gasteiger partial charge in [0.1, 0.15) is 11.9 Å². The van der Waals surface area contributed by atoms with E-state index < -0.39 is 5.41 Å². The van der Waals surface area contributed by atoms with Gasteiger partial charge in [0.05, 0.1) is 11.5 Å². The lowest BCUT2D eigenvalue weighted by atomic mass is 9.67. The van der Waals surface area contributed by atoms with Crippen LogP contribution >= 0.6 is 0 Å². The highest BCUT2D eigenvalue weighted by Gasteiger charge is 2.44. The summed E-state index contributed by atoms with van der Waals surface area (Å²) in [7, 11) is 9.35. The number of fused-ring (bicyclic) bond motifs is 2. The molecule has 4 rings (SSSR count). The van der Waals surface area contributed by atoms with Gasteiger partial charge in [-0.2, -0.15) is 5.26 Å². The number of nitrogens with one attached hydrogen (secondary N) is 3. The smallest absolute Gasteiger partial charge is 0.253 e. The van der Waals surface area contributed by atoms with Gasteiger partial charge in [-0.05, 0) is 85.0 Å². The van der Waals surface area contributed by atoms with E-state index in [0.29, 0.717) is 24.4 Å². The van der Waals surface area contributed by atoms with Crippen LogP contribution in [0.1, 0.15) is 64.4 Å². The van der Waals surface area contributed by atoms with Crippen LogP contribution in [-0.4, -0.2) is 86.9 Å². The number of hydrogen-bond acceptors (Lipinski definition) is 6. The molecule has 0 aromatic heterocycles. The molecular formula is C35H47N7O. The van der Waals surface area contributed by atoms with Crippen molar-refractivity contribution >= 4 is 17.4 Å². The lowest BCUT2D eigenvalue weighted by Gasteiger charge is -2.39. The third-order valence-corrected chi connectivity index (χ3v) is 9.07. The van der Waals surface area contributed by atoms with Crippen LogP contribution < -0.4 is 10.6 Å². The van der Waals surface area contributed by atoms with Gasteiger partial charge in [0, 0.05) is 71.3 Å². The second-order valence-corrected chi connectivity index (χ2v) is 12.3. The number of benzene rings is 2. The number of carbonyl (C=O) groups excluding carboxylic acids is 1. The zero-order valence-electron chi connectivity index (χ0n) is 26.7. The second kappa shape index (κ2) is 13.0. The molecule has 228 valence electrons. The fourth-order valence-electron chi connectivity index (χ4n) is 6.69. The molecule has 0 bridgehead atoms. The summed E-state index contributed by atoms with van der Waals surface area (Å²) in [6.07, 6.45) is 4.05. The maximum absolute atomic E-state index is 13.0.